The standard InChI is InChI=1S/C22H14F2N2/c23-18-12-6-4-10-16(18)21-14-20(15-8-2-1-3-9-15)25-22(26-21)17-11-5-7-13-19(17)24/h1-14H. The molecule has 0 N–H and O–H groups in total. The zero-order chi connectivity index (χ0) is 17.9. The van der Waals surface area contributed by atoms with Crippen LogP contribution in [-0.2, 0) is 0 Å². The minimum Gasteiger partial charge on any atom is -0.228 e. The van der Waals surface area contributed by atoms with Crippen LogP contribution in [0, 0.1) is 11.6 Å². The summed E-state index contributed by atoms with van der Waals surface area (Å²) in [6.45, 7) is 0. The van der Waals surface area contributed by atoms with Gasteiger partial charge in [-0.1, -0.05) is 54.6 Å². The Morgan fingerprint density at radius 3 is 1.73 bits per heavy atom. The van der Waals surface area contributed by atoms with Gasteiger partial charge in [0, 0.05) is 11.1 Å². The Hall–Kier alpha value is -3.40. The smallest absolute Gasteiger partial charge is 0.163 e. The fourth-order valence-corrected chi connectivity index (χ4v) is 2.77. The average molecular weight is 344 g/mol. The summed E-state index contributed by atoms with van der Waals surface area (Å²) >= 11 is 0. The number of hydrogen-bond acceptors (Lipinski definition) is 2. The second kappa shape index (κ2) is 6.84. The number of hydrogen-bond donors (Lipinski definition) is 0. The van der Waals surface area contributed by atoms with Crippen LogP contribution in [0.5, 0.6) is 0 Å². The summed E-state index contributed by atoms with van der Waals surface area (Å²) in [5.74, 6) is -0.579. The maximum absolute atomic E-state index is 14.3. The Balaban J connectivity index is 1.97. The Morgan fingerprint density at radius 2 is 1.08 bits per heavy atom. The Bertz CT molecular complexity index is 999. The highest BCUT2D eigenvalue weighted by Crippen LogP contribution is 2.29. The number of rotatable bonds is 3. The topological polar surface area (TPSA) is 25.8 Å². The molecule has 3 aromatic carbocycles. The van der Waals surface area contributed by atoms with Crippen LogP contribution in [0.4, 0.5) is 8.78 Å². The molecule has 0 spiro atoms. The van der Waals surface area contributed by atoms with Crippen molar-refractivity contribution >= 4 is 0 Å². The fourth-order valence-electron chi connectivity index (χ4n) is 2.77. The molecule has 0 unspecified atom stereocenters. The van der Waals surface area contributed by atoms with E-state index in [1.54, 1.807) is 42.5 Å². The molecule has 0 atom stereocenters. The van der Waals surface area contributed by atoms with Gasteiger partial charge in [0.2, 0.25) is 0 Å². The first-order valence-corrected chi connectivity index (χ1v) is 8.17. The number of halogens is 2. The van der Waals surface area contributed by atoms with Crippen LogP contribution in [0.3, 0.4) is 0 Å². The van der Waals surface area contributed by atoms with Crippen molar-refractivity contribution in [1.82, 2.24) is 9.97 Å². The molecule has 4 aromatic rings. The van der Waals surface area contributed by atoms with Gasteiger partial charge in [-0.25, -0.2) is 18.7 Å². The van der Waals surface area contributed by atoms with Crippen molar-refractivity contribution in [3.8, 4) is 33.9 Å². The van der Waals surface area contributed by atoms with E-state index in [1.807, 2.05) is 30.3 Å². The van der Waals surface area contributed by atoms with Gasteiger partial charge in [0.1, 0.15) is 11.6 Å². The molecule has 0 aliphatic rings. The molecule has 0 aliphatic heterocycles. The Morgan fingerprint density at radius 1 is 0.538 bits per heavy atom. The summed E-state index contributed by atoms with van der Waals surface area (Å²) in [6.07, 6.45) is 0. The van der Waals surface area contributed by atoms with Crippen LogP contribution in [0.25, 0.3) is 33.9 Å². The molecule has 1 aromatic heterocycles. The second-order valence-electron chi connectivity index (χ2n) is 5.79. The molecule has 126 valence electrons. The van der Waals surface area contributed by atoms with E-state index in [0.717, 1.165) is 5.56 Å². The minimum atomic E-state index is -0.419. The molecule has 0 fully saturated rings. The van der Waals surface area contributed by atoms with Crippen molar-refractivity contribution in [1.29, 1.82) is 0 Å². The summed E-state index contributed by atoms with van der Waals surface area (Å²) in [4.78, 5) is 8.95. The zero-order valence-corrected chi connectivity index (χ0v) is 13.7. The van der Waals surface area contributed by atoms with E-state index in [9.17, 15) is 8.78 Å². The monoisotopic (exact) mass is 344 g/mol. The van der Waals surface area contributed by atoms with Gasteiger partial charge < -0.3 is 0 Å². The first kappa shape index (κ1) is 16.1. The van der Waals surface area contributed by atoms with Gasteiger partial charge >= 0.3 is 0 Å². The molecule has 0 saturated carbocycles. The summed E-state index contributed by atoms with van der Waals surface area (Å²) in [6, 6.07) is 23.9. The van der Waals surface area contributed by atoms with E-state index in [4.69, 9.17) is 0 Å². The van der Waals surface area contributed by atoms with Crippen molar-refractivity contribution in [3.05, 3.63) is 96.6 Å². The predicted octanol–water partition coefficient (Wildman–Crippen LogP) is 5.76. The van der Waals surface area contributed by atoms with Crippen LogP contribution in [0.2, 0.25) is 0 Å². The van der Waals surface area contributed by atoms with Gasteiger partial charge in [0.25, 0.3) is 0 Å². The van der Waals surface area contributed by atoms with Gasteiger partial charge in [-0.3, -0.25) is 0 Å². The summed E-state index contributed by atoms with van der Waals surface area (Å²) in [7, 11) is 0. The van der Waals surface area contributed by atoms with Crippen molar-refractivity contribution in [3.63, 3.8) is 0 Å². The molecule has 26 heavy (non-hydrogen) atoms. The minimum absolute atomic E-state index is 0.225. The fraction of sp³-hybridized carbons (Fsp3) is 0. The summed E-state index contributed by atoms with van der Waals surface area (Å²) < 4.78 is 28.6. The Kier molecular flexibility index (Phi) is 4.23. The second-order valence-corrected chi connectivity index (χ2v) is 5.79. The number of benzene rings is 3. The number of aromatic nitrogens is 2. The molecule has 4 rings (SSSR count). The third kappa shape index (κ3) is 3.09. The lowest BCUT2D eigenvalue weighted by Crippen LogP contribution is -1.98. The van der Waals surface area contributed by atoms with Crippen molar-refractivity contribution < 1.29 is 8.78 Å². The van der Waals surface area contributed by atoms with Crippen LogP contribution in [0.15, 0.2) is 84.9 Å². The van der Waals surface area contributed by atoms with Crippen molar-refractivity contribution in [2.24, 2.45) is 0 Å². The highest BCUT2D eigenvalue weighted by Gasteiger charge is 2.14. The van der Waals surface area contributed by atoms with Gasteiger partial charge in [0.05, 0.1) is 17.0 Å². The average Bonchev–Trinajstić information content (AvgIpc) is 2.69. The van der Waals surface area contributed by atoms with E-state index >= 15 is 0 Å². The molecular weight excluding hydrogens is 330 g/mol. The molecule has 0 radical (unpaired) electrons. The van der Waals surface area contributed by atoms with E-state index in [0.29, 0.717) is 17.0 Å². The number of nitrogens with zero attached hydrogens (tertiary/aromatic N) is 2. The third-order valence-electron chi connectivity index (χ3n) is 4.06. The van der Waals surface area contributed by atoms with Crippen molar-refractivity contribution in [2.45, 2.75) is 0 Å². The highest BCUT2D eigenvalue weighted by molar-refractivity contribution is 5.72. The molecular formula is C22H14F2N2. The van der Waals surface area contributed by atoms with Crippen molar-refractivity contribution in [2.75, 3.05) is 0 Å². The maximum Gasteiger partial charge on any atom is 0.163 e. The lowest BCUT2D eigenvalue weighted by molar-refractivity contribution is 0.629. The summed E-state index contributed by atoms with van der Waals surface area (Å²) in [5.41, 5.74) is 2.50. The van der Waals surface area contributed by atoms with Gasteiger partial charge in [-0.05, 0) is 30.3 Å². The van der Waals surface area contributed by atoms with Gasteiger partial charge in [-0.2, -0.15) is 0 Å². The van der Waals surface area contributed by atoms with E-state index < -0.39 is 5.82 Å². The molecule has 4 heteroatoms. The normalized spacial score (nSPS) is 10.7. The largest absolute Gasteiger partial charge is 0.228 e. The molecule has 1 heterocycles. The Labute approximate surface area is 149 Å². The first-order chi connectivity index (χ1) is 12.7. The molecule has 0 aliphatic carbocycles. The first-order valence-electron chi connectivity index (χ1n) is 8.17. The highest BCUT2D eigenvalue weighted by atomic mass is 19.1. The van der Waals surface area contributed by atoms with Crippen LogP contribution >= 0.6 is 0 Å². The molecule has 0 bridgehead atoms. The lowest BCUT2D eigenvalue weighted by atomic mass is 10.1. The lowest BCUT2D eigenvalue weighted by Gasteiger charge is -2.10. The van der Waals surface area contributed by atoms with Gasteiger partial charge in [-0.15, -0.1) is 0 Å². The van der Waals surface area contributed by atoms with Crippen LogP contribution in [0.1, 0.15) is 0 Å². The van der Waals surface area contributed by atoms with Crippen LogP contribution < -0.4 is 0 Å². The SMILES string of the molecule is Fc1ccccc1-c1cc(-c2ccccc2)nc(-c2ccccc2F)n1. The van der Waals surface area contributed by atoms with Crippen LogP contribution in [-0.4, -0.2) is 9.97 Å². The van der Waals surface area contributed by atoms with E-state index in [1.165, 1.54) is 12.1 Å². The van der Waals surface area contributed by atoms with E-state index in [-0.39, 0.29) is 17.2 Å². The molecule has 0 saturated heterocycles. The molecule has 0 amide bonds. The maximum atomic E-state index is 14.3. The predicted molar refractivity (Wildman–Crippen MR) is 98.3 cm³/mol. The quantitative estimate of drug-likeness (QED) is 0.472. The summed E-state index contributed by atoms with van der Waals surface area (Å²) in [5, 5.41) is 0. The third-order valence-corrected chi connectivity index (χ3v) is 4.06. The van der Waals surface area contributed by atoms with Gasteiger partial charge in [0.15, 0.2) is 5.82 Å². The molecule has 2 nitrogen and oxygen atoms in total. The van der Waals surface area contributed by atoms with E-state index in [2.05, 4.69) is 9.97 Å². The zero-order valence-electron chi connectivity index (χ0n) is 13.7.